The van der Waals surface area contributed by atoms with E-state index in [1.165, 1.54) is 16.5 Å². The molecule has 0 radical (unpaired) electrons. The summed E-state index contributed by atoms with van der Waals surface area (Å²) in [5.41, 5.74) is 15.9. The third-order valence-corrected chi connectivity index (χ3v) is 11.2. The SMILES string of the molecule is C1=Cc2c(c3ccccc3c3nc(-c4ccccc4)n(-c4cccc(-c5ccc(-c6cc(-c7ccc(-c8ccccc8)cc7)nc(-c7ccccc7)n6)cc5)c4)c23)NC1. The molecule has 11 rings (SSSR count). The van der Waals surface area contributed by atoms with E-state index in [2.05, 4.69) is 192 Å². The van der Waals surface area contributed by atoms with Gasteiger partial charge in [-0.25, -0.2) is 15.0 Å². The highest BCUT2D eigenvalue weighted by molar-refractivity contribution is 6.16. The molecule has 1 aliphatic heterocycles. The summed E-state index contributed by atoms with van der Waals surface area (Å²) in [5.74, 6) is 1.61. The first-order valence-electron chi connectivity index (χ1n) is 20.0. The number of nitrogens with zero attached hydrogens (tertiary/aromatic N) is 4. The van der Waals surface area contributed by atoms with E-state index in [-0.39, 0.29) is 0 Å². The molecule has 8 aromatic carbocycles. The van der Waals surface area contributed by atoms with Crippen LogP contribution in [0.15, 0.2) is 200 Å². The highest BCUT2D eigenvalue weighted by Crippen LogP contribution is 2.42. The molecule has 1 aliphatic rings. The number of rotatable bonds is 7. The molecule has 3 heterocycles. The Morgan fingerprint density at radius 2 is 0.949 bits per heavy atom. The molecule has 0 atom stereocenters. The van der Waals surface area contributed by atoms with E-state index >= 15 is 0 Å². The van der Waals surface area contributed by atoms with Gasteiger partial charge in [-0.05, 0) is 40.5 Å². The van der Waals surface area contributed by atoms with Crippen LogP contribution in [0, 0.1) is 0 Å². The van der Waals surface area contributed by atoms with Crippen LogP contribution in [0.5, 0.6) is 0 Å². The van der Waals surface area contributed by atoms with Gasteiger partial charge in [0.2, 0.25) is 0 Å². The predicted molar refractivity (Wildman–Crippen MR) is 244 cm³/mol. The molecule has 0 spiro atoms. The van der Waals surface area contributed by atoms with Crippen molar-refractivity contribution in [3.63, 3.8) is 0 Å². The van der Waals surface area contributed by atoms with Crippen molar-refractivity contribution < 1.29 is 0 Å². The van der Waals surface area contributed by atoms with Crippen LogP contribution in [-0.4, -0.2) is 26.1 Å². The quantitative estimate of drug-likeness (QED) is 0.176. The van der Waals surface area contributed by atoms with Crippen molar-refractivity contribution in [3.05, 3.63) is 206 Å². The van der Waals surface area contributed by atoms with E-state index in [1.54, 1.807) is 0 Å². The monoisotopic (exact) mass is 755 g/mol. The van der Waals surface area contributed by atoms with Crippen LogP contribution < -0.4 is 5.32 Å². The number of hydrogen-bond acceptors (Lipinski definition) is 4. The van der Waals surface area contributed by atoms with Crippen LogP contribution in [0.1, 0.15) is 5.56 Å². The van der Waals surface area contributed by atoms with Crippen LogP contribution >= 0.6 is 0 Å². The Kier molecular flexibility index (Phi) is 8.48. The Bertz CT molecular complexity index is 3170. The minimum atomic E-state index is 0.698. The lowest BCUT2D eigenvalue weighted by atomic mass is 9.98. The first-order valence-corrected chi connectivity index (χ1v) is 20.0. The number of nitrogens with one attached hydrogen (secondary N) is 1. The largest absolute Gasteiger partial charge is 0.381 e. The number of benzene rings is 8. The van der Waals surface area contributed by atoms with Gasteiger partial charge in [0.1, 0.15) is 5.82 Å². The van der Waals surface area contributed by atoms with E-state index < -0.39 is 0 Å². The third kappa shape index (κ3) is 6.26. The molecule has 0 aliphatic carbocycles. The highest BCUT2D eigenvalue weighted by atomic mass is 15.1. The minimum Gasteiger partial charge on any atom is -0.381 e. The van der Waals surface area contributed by atoms with Crippen LogP contribution in [-0.2, 0) is 0 Å². The van der Waals surface area contributed by atoms with E-state index in [0.29, 0.717) is 5.82 Å². The van der Waals surface area contributed by atoms with Gasteiger partial charge in [-0.2, -0.15) is 0 Å². The van der Waals surface area contributed by atoms with Crippen molar-refractivity contribution in [2.24, 2.45) is 0 Å². The molecule has 0 saturated carbocycles. The van der Waals surface area contributed by atoms with E-state index in [1.807, 2.05) is 24.3 Å². The maximum Gasteiger partial charge on any atom is 0.160 e. The molecule has 0 amide bonds. The van der Waals surface area contributed by atoms with Gasteiger partial charge in [-0.15, -0.1) is 0 Å². The number of anilines is 1. The Morgan fingerprint density at radius 1 is 0.424 bits per heavy atom. The van der Waals surface area contributed by atoms with Crippen LogP contribution in [0.4, 0.5) is 5.69 Å². The predicted octanol–water partition coefficient (Wildman–Crippen LogP) is 13.4. The molecular formula is C54H37N5. The van der Waals surface area contributed by atoms with Crippen molar-refractivity contribution >= 4 is 33.6 Å². The first kappa shape index (κ1) is 34.4. The van der Waals surface area contributed by atoms with Gasteiger partial charge in [0.25, 0.3) is 0 Å². The molecule has 59 heavy (non-hydrogen) atoms. The van der Waals surface area contributed by atoms with Gasteiger partial charge >= 0.3 is 0 Å². The summed E-state index contributed by atoms with van der Waals surface area (Å²) in [6.07, 6.45) is 4.44. The zero-order chi connectivity index (χ0) is 39.1. The third-order valence-electron chi connectivity index (χ3n) is 11.2. The van der Waals surface area contributed by atoms with Crippen LogP contribution in [0.2, 0.25) is 0 Å². The molecule has 0 bridgehead atoms. The highest BCUT2D eigenvalue weighted by Gasteiger charge is 2.23. The van der Waals surface area contributed by atoms with Gasteiger partial charge in [0, 0.05) is 50.8 Å². The lowest BCUT2D eigenvalue weighted by Gasteiger charge is -2.19. The van der Waals surface area contributed by atoms with E-state index in [9.17, 15) is 0 Å². The van der Waals surface area contributed by atoms with Gasteiger partial charge in [0.05, 0.1) is 28.1 Å². The fourth-order valence-corrected chi connectivity index (χ4v) is 8.33. The maximum absolute atomic E-state index is 5.41. The number of imidazole rings is 1. The first-order chi connectivity index (χ1) is 29.2. The van der Waals surface area contributed by atoms with Gasteiger partial charge in [-0.3, -0.25) is 4.57 Å². The molecular weight excluding hydrogens is 719 g/mol. The summed E-state index contributed by atoms with van der Waals surface area (Å²) in [4.78, 5) is 15.6. The Balaban J connectivity index is 1.00. The van der Waals surface area contributed by atoms with E-state index in [4.69, 9.17) is 15.0 Å². The summed E-state index contributed by atoms with van der Waals surface area (Å²) < 4.78 is 2.34. The average molecular weight is 756 g/mol. The topological polar surface area (TPSA) is 55.6 Å². The zero-order valence-corrected chi connectivity index (χ0v) is 32.1. The van der Waals surface area contributed by atoms with Crippen molar-refractivity contribution in [1.29, 1.82) is 0 Å². The van der Waals surface area contributed by atoms with E-state index in [0.717, 1.165) is 90.5 Å². The summed E-state index contributed by atoms with van der Waals surface area (Å²) >= 11 is 0. The fraction of sp³-hybridized carbons (Fsp3) is 0.0185. The Labute approximate surface area is 342 Å². The van der Waals surface area contributed by atoms with Gasteiger partial charge < -0.3 is 5.32 Å². The summed E-state index contributed by atoms with van der Waals surface area (Å²) in [6.45, 7) is 0.791. The Hall–Kier alpha value is -7.89. The van der Waals surface area contributed by atoms with Crippen molar-refractivity contribution in [2.45, 2.75) is 0 Å². The Morgan fingerprint density at radius 3 is 1.61 bits per heavy atom. The van der Waals surface area contributed by atoms with Gasteiger partial charge in [-0.1, -0.05) is 188 Å². The molecule has 0 saturated heterocycles. The average Bonchev–Trinajstić information content (AvgIpc) is 3.74. The lowest BCUT2D eigenvalue weighted by molar-refractivity contribution is 1.10. The molecule has 5 nitrogen and oxygen atoms in total. The molecule has 10 aromatic rings. The smallest absolute Gasteiger partial charge is 0.160 e. The van der Waals surface area contributed by atoms with Crippen molar-refractivity contribution in [3.8, 4) is 73.2 Å². The zero-order valence-electron chi connectivity index (χ0n) is 32.1. The maximum atomic E-state index is 5.41. The molecule has 2 aromatic heterocycles. The lowest BCUT2D eigenvalue weighted by Crippen LogP contribution is -2.07. The second kappa shape index (κ2) is 14.6. The number of hydrogen-bond donors (Lipinski definition) is 1. The molecule has 278 valence electrons. The van der Waals surface area contributed by atoms with Crippen molar-refractivity contribution in [1.82, 2.24) is 19.5 Å². The normalized spacial score (nSPS) is 12.1. The summed E-state index contributed by atoms with van der Waals surface area (Å²) in [5, 5.41) is 6.00. The molecule has 0 fully saturated rings. The summed E-state index contributed by atoms with van der Waals surface area (Å²) in [7, 11) is 0. The molecule has 1 N–H and O–H groups in total. The summed E-state index contributed by atoms with van der Waals surface area (Å²) in [6, 6.07) is 68.0. The van der Waals surface area contributed by atoms with Gasteiger partial charge in [0.15, 0.2) is 5.82 Å². The molecule has 0 unspecified atom stereocenters. The fourth-order valence-electron chi connectivity index (χ4n) is 8.33. The number of aromatic nitrogens is 4. The second-order valence-electron chi connectivity index (χ2n) is 14.9. The van der Waals surface area contributed by atoms with Crippen LogP contribution in [0.3, 0.4) is 0 Å². The standard InChI is InChI=1S/C54H37N5/c1-4-14-36(15-5-1)37-25-29-39(30-26-37)48-35-49(57-53(56-48)41-16-6-2-7-17-41)40-31-27-38(28-32-40)43-20-12-21-44(34-43)59-52-47-24-13-33-55-50(47)45-22-10-11-23-46(45)51(52)58-54(59)42-18-8-3-9-19-42/h1-32,34-35,55H,33H2. The van der Waals surface area contributed by atoms with Crippen LogP contribution in [0.25, 0.3) is 101 Å². The second-order valence-corrected chi connectivity index (χ2v) is 14.9. The minimum absolute atomic E-state index is 0.698. The van der Waals surface area contributed by atoms with Crippen molar-refractivity contribution in [2.75, 3.05) is 11.9 Å². The number of fused-ring (bicyclic) bond motifs is 6. The molecule has 5 heteroatoms.